The lowest BCUT2D eigenvalue weighted by molar-refractivity contribution is 0.628. The van der Waals surface area contributed by atoms with Crippen molar-refractivity contribution >= 4 is 33.6 Å². The van der Waals surface area contributed by atoms with E-state index in [0.717, 1.165) is 44.2 Å². The number of rotatable bonds is 4. The first-order valence-corrected chi connectivity index (χ1v) is 9.70. The number of hydrazone groups is 1. The van der Waals surface area contributed by atoms with Crippen LogP contribution in [0.1, 0.15) is 5.56 Å². The average molecular weight is 391 g/mol. The molecule has 1 N–H and O–H groups in total. The molecule has 30 heavy (non-hydrogen) atoms. The molecule has 0 aliphatic carbocycles. The first-order chi connectivity index (χ1) is 14.8. The second-order valence-corrected chi connectivity index (χ2v) is 7.02. The zero-order valence-electron chi connectivity index (χ0n) is 16.1. The second kappa shape index (κ2) is 7.76. The normalized spacial score (nSPS) is 11.4. The standard InChI is InChI=1S/C26H18FN3/c27-21-13-10-19(11-14-21)25-16-20(17-28-30-22-7-2-1-3-8-22)24-15-12-18-6-4-5-9-23(18)26(24)29-25/h1-17,30H/b28-17+. The van der Waals surface area contributed by atoms with E-state index in [1.54, 1.807) is 18.3 Å². The number of nitrogens with zero attached hydrogens (tertiary/aromatic N) is 2. The van der Waals surface area contributed by atoms with E-state index in [1.165, 1.54) is 12.1 Å². The predicted octanol–water partition coefficient (Wildman–Crippen LogP) is 6.64. The summed E-state index contributed by atoms with van der Waals surface area (Å²) in [5, 5.41) is 7.64. The lowest BCUT2D eigenvalue weighted by atomic mass is 10.0. The molecule has 0 radical (unpaired) electrons. The number of aromatic nitrogens is 1. The van der Waals surface area contributed by atoms with E-state index in [0.29, 0.717) is 0 Å². The van der Waals surface area contributed by atoms with Crippen molar-refractivity contribution in [3.63, 3.8) is 0 Å². The molecule has 0 saturated carbocycles. The summed E-state index contributed by atoms with van der Waals surface area (Å²) < 4.78 is 13.4. The number of hydrogen-bond donors (Lipinski definition) is 1. The van der Waals surface area contributed by atoms with Crippen LogP contribution in [0.15, 0.2) is 102 Å². The van der Waals surface area contributed by atoms with Crippen LogP contribution in [0, 0.1) is 5.82 Å². The summed E-state index contributed by atoms with van der Waals surface area (Å²) in [5.74, 6) is -0.265. The minimum atomic E-state index is -0.265. The molecule has 0 spiro atoms. The molecule has 4 aromatic carbocycles. The molecule has 0 aliphatic rings. The Balaban J connectivity index is 1.67. The number of halogens is 1. The molecule has 5 aromatic rings. The number of fused-ring (bicyclic) bond motifs is 3. The van der Waals surface area contributed by atoms with Crippen molar-refractivity contribution in [2.24, 2.45) is 5.10 Å². The lowest BCUT2D eigenvalue weighted by Gasteiger charge is -2.10. The quantitative estimate of drug-likeness (QED) is 0.212. The number of nitrogens with one attached hydrogen (secondary N) is 1. The van der Waals surface area contributed by atoms with E-state index in [9.17, 15) is 4.39 Å². The highest BCUT2D eigenvalue weighted by Gasteiger charge is 2.10. The summed E-state index contributed by atoms with van der Waals surface area (Å²) in [6.45, 7) is 0. The largest absolute Gasteiger partial charge is 0.279 e. The Morgan fingerprint density at radius 2 is 1.53 bits per heavy atom. The molecule has 0 aliphatic heterocycles. The average Bonchev–Trinajstić information content (AvgIpc) is 2.80. The van der Waals surface area contributed by atoms with Crippen LogP contribution in [0.5, 0.6) is 0 Å². The Bertz CT molecular complexity index is 1360. The lowest BCUT2D eigenvalue weighted by Crippen LogP contribution is -1.95. The zero-order chi connectivity index (χ0) is 20.3. The SMILES string of the molecule is Fc1ccc(-c2cc(/C=N/Nc3ccccc3)c3ccc4ccccc4c3n2)cc1. The fraction of sp³-hybridized carbons (Fsp3) is 0. The van der Waals surface area contributed by atoms with Crippen molar-refractivity contribution in [1.29, 1.82) is 0 Å². The molecule has 144 valence electrons. The van der Waals surface area contributed by atoms with Crippen LogP contribution in [-0.2, 0) is 0 Å². The highest BCUT2D eigenvalue weighted by atomic mass is 19.1. The number of hydrogen-bond acceptors (Lipinski definition) is 3. The molecule has 3 nitrogen and oxygen atoms in total. The predicted molar refractivity (Wildman–Crippen MR) is 122 cm³/mol. The highest BCUT2D eigenvalue weighted by molar-refractivity contribution is 6.11. The van der Waals surface area contributed by atoms with Crippen LogP contribution in [0.25, 0.3) is 32.9 Å². The molecular formula is C26H18FN3. The molecule has 5 rings (SSSR count). The van der Waals surface area contributed by atoms with Gasteiger partial charge in [-0.3, -0.25) is 5.43 Å². The van der Waals surface area contributed by atoms with Crippen LogP contribution in [0.2, 0.25) is 0 Å². The van der Waals surface area contributed by atoms with Gasteiger partial charge in [0.15, 0.2) is 0 Å². The number of pyridine rings is 1. The van der Waals surface area contributed by atoms with Gasteiger partial charge in [0.2, 0.25) is 0 Å². The van der Waals surface area contributed by atoms with Gasteiger partial charge >= 0.3 is 0 Å². The van der Waals surface area contributed by atoms with E-state index in [-0.39, 0.29) is 5.82 Å². The van der Waals surface area contributed by atoms with Gasteiger partial charge in [-0.15, -0.1) is 0 Å². The summed E-state index contributed by atoms with van der Waals surface area (Å²) in [6, 6.07) is 30.5. The highest BCUT2D eigenvalue weighted by Crippen LogP contribution is 2.29. The van der Waals surface area contributed by atoms with Crippen LogP contribution < -0.4 is 5.43 Å². The van der Waals surface area contributed by atoms with Gasteiger partial charge < -0.3 is 0 Å². The van der Waals surface area contributed by atoms with E-state index >= 15 is 0 Å². The Hall–Kier alpha value is -4.05. The number of para-hydroxylation sites is 1. The molecular weight excluding hydrogens is 373 g/mol. The van der Waals surface area contributed by atoms with E-state index < -0.39 is 0 Å². The molecule has 0 unspecified atom stereocenters. The summed E-state index contributed by atoms with van der Waals surface area (Å²) >= 11 is 0. The van der Waals surface area contributed by atoms with Crippen LogP contribution in [-0.4, -0.2) is 11.2 Å². The fourth-order valence-corrected chi connectivity index (χ4v) is 3.55. The minimum Gasteiger partial charge on any atom is -0.279 e. The molecule has 0 amide bonds. The van der Waals surface area contributed by atoms with Gasteiger partial charge in [-0.1, -0.05) is 54.6 Å². The molecule has 4 heteroatoms. The maximum Gasteiger partial charge on any atom is 0.123 e. The third-order valence-electron chi connectivity index (χ3n) is 5.05. The van der Waals surface area contributed by atoms with Gasteiger partial charge in [-0.05, 0) is 47.9 Å². The zero-order valence-corrected chi connectivity index (χ0v) is 16.1. The first kappa shape index (κ1) is 18.0. The van der Waals surface area contributed by atoms with Crippen LogP contribution in [0.3, 0.4) is 0 Å². The number of benzene rings is 4. The maximum absolute atomic E-state index is 13.4. The third kappa shape index (κ3) is 3.51. The monoisotopic (exact) mass is 391 g/mol. The second-order valence-electron chi connectivity index (χ2n) is 7.02. The minimum absolute atomic E-state index is 0.265. The van der Waals surface area contributed by atoms with Gasteiger partial charge in [0, 0.05) is 21.9 Å². The Kier molecular flexibility index (Phi) is 4.66. The van der Waals surface area contributed by atoms with Crippen molar-refractivity contribution in [1.82, 2.24) is 4.98 Å². The van der Waals surface area contributed by atoms with Crippen molar-refractivity contribution in [2.45, 2.75) is 0 Å². The Labute approximate surface area is 173 Å². The maximum atomic E-state index is 13.4. The molecule has 0 bridgehead atoms. The van der Waals surface area contributed by atoms with E-state index in [1.807, 2.05) is 48.5 Å². The van der Waals surface area contributed by atoms with Crippen LogP contribution in [0.4, 0.5) is 10.1 Å². The summed E-state index contributed by atoms with van der Waals surface area (Å²) in [4.78, 5) is 4.93. The van der Waals surface area contributed by atoms with Gasteiger partial charge in [-0.2, -0.15) is 5.10 Å². The number of anilines is 1. The van der Waals surface area contributed by atoms with E-state index in [4.69, 9.17) is 4.98 Å². The van der Waals surface area contributed by atoms with Crippen molar-refractivity contribution in [3.8, 4) is 11.3 Å². The van der Waals surface area contributed by atoms with Gasteiger partial charge in [0.1, 0.15) is 5.82 Å². The van der Waals surface area contributed by atoms with Crippen molar-refractivity contribution in [2.75, 3.05) is 5.43 Å². The molecule has 0 saturated heterocycles. The Morgan fingerprint density at radius 3 is 2.37 bits per heavy atom. The Morgan fingerprint density at radius 1 is 0.767 bits per heavy atom. The van der Waals surface area contributed by atoms with Crippen molar-refractivity contribution < 1.29 is 4.39 Å². The summed E-state index contributed by atoms with van der Waals surface area (Å²) in [5.41, 5.74) is 7.45. The smallest absolute Gasteiger partial charge is 0.123 e. The topological polar surface area (TPSA) is 37.3 Å². The first-order valence-electron chi connectivity index (χ1n) is 9.70. The van der Waals surface area contributed by atoms with E-state index in [2.05, 4.69) is 34.8 Å². The van der Waals surface area contributed by atoms with Crippen LogP contribution >= 0.6 is 0 Å². The molecule has 1 aromatic heterocycles. The molecule has 0 fully saturated rings. The molecule has 1 heterocycles. The summed E-state index contributed by atoms with van der Waals surface area (Å²) in [7, 11) is 0. The van der Waals surface area contributed by atoms with Gasteiger partial charge in [0.25, 0.3) is 0 Å². The fourth-order valence-electron chi connectivity index (χ4n) is 3.55. The third-order valence-corrected chi connectivity index (χ3v) is 5.05. The van der Waals surface area contributed by atoms with Gasteiger partial charge in [-0.25, -0.2) is 9.37 Å². The van der Waals surface area contributed by atoms with Crippen molar-refractivity contribution in [3.05, 3.63) is 108 Å². The van der Waals surface area contributed by atoms with Gasteiger partial charge in [0.05, 0.1) is 23.1 Å². The molecule has 0 atom stereocenters. The summed E-state index contributed by atoms with van der Waals surface area (Å²) in [6.07, 6.45) is 1.80.